The maximum Gasteiger partial charge on any atom is 0.235 e. The molecule has 3 heterocycles. The number of sulfonamides is 1. The summed E-state index contributed by atoms with van der Waals surface area (Å²) in [4.78, 5) is 20.3. The van der Waals surface area contributed by atoms with Crippen molar-refractivity contribution in [3.05, 3.63) is 65.7 Å². The van der Waals surface area contributed by atoms with Crippen molar-refractivity contribution in [2.24, 2.45) is 7.05 Å². The number of aromatic amines is 1. The summed E-state index contributed by atoms with van der Waals surface area (Å²) in [6.45, 7) is 0. The molecule has 2 N–H and O–H groups in total. The predicted octanol–water partition coefficient (Wildman–Crippen LogP) is 3.38. The van der Waals surface area contributed by atoms with E-state index < -0.39 is 43.9 Å². The Morgan fingerprint density at radius 1 is 1.22 bits per heavy atom. The van der Waals surface area contributed by atoms with Gasteiger partial charge in [-0.3, -0.25) is 14.2 Å². The van der Waals surface area contributed by atoms with E-state index in [-0.39, 0.29) is 5.56 Å². The van der Waals surface area contributed by atoms with E-state index in [1.165, 1.54) is 6.20 Å². The summed E-state index contributed by atoms with van der Waals surface area (Å²) in [7, 11) is -2.03. The van der Waals surface area contributed by atoms with Crippen LogP contribution in [0.4, 0.5) is 14.5 Å². The molecule has 1 saturated carbocycles. The van der Waals surface area contributed by atoms with Gasteiger partial charge in [0.2, 0.25) is 15.8 Å². The highest BCUT2D eigenvalue weighted by atomic mass is 32.2. The van der Waals surface area contributed by atoms with Crippen molar-refractivity contribution in [2.75, 3.05) is 4.72 Å². The molecule has 0 amide bonds. The molecule has 1 fully saturated rings. The van der Waals surface area contributed by atoms with Crippen LogP contribution < -0.4 is 4.72 Å². The Morgan fingerprint density at radius 2 is 2.00 bits per heavy atom. The van der Waals surface area contributed by atoms with E-state index in [4.69, 9.17) is 0 Å². The average molecular weight is 457 g/mol. The van der Waals surface area contributed by atoms with Crippen LogP contribution in [0, 0.1) is 11.6 Å². The number of carbonyl (C=O) groups excluding carboxylic acids is 1. The Balaban J connectivity index is 1.57. The van der Waals surface area contributed by atoms with Gasteiger partial charge in [0.05, 0.1) is 22.7 Å². The molecule has 3 aromatic heterocycles. The average Bonchev–Trinajstić information content (AvgIpc) is 3.41. The zero-order valence-electron chi connectivity index (χ0n) is 16.8. The van der Waals surface area contributed by atoms with Crippen molar-refractivity contribution in [1.29, 1.82) is 0 Å². The summed E-state index contributed by atoms with van der Waals surface area (Å²) in [5.74, 6) is -3.28. The third kappa shape index (κ3) is 3.44. The van der Waals surface area contributed by atoms with Gasteiger partial charge >= 0.3 is 0 Å². The number of pyridine rings is 1. The number of rotatable bonds is 6. The second kappa shape index (κ2) is 7.23. The minimum Gasteiger partial charge on any atom is -0.345 e. The molecule has 1 aromatic carbocycles. The summed E-state index contributed by atoms with van der Waals surface area (Å²) in [6.07, 6.45) is 7.28. The largest absolute Gasteiger partial charge is 0.345 e. The molecule has 0 atom stereocenters. The van der Waals surface area contributed by atoms with Crippen molar-refractivity contribution in [3.63, 3.8) is 0 Å². The second-order valence-electron chi connectivity index (χ2n) is 7.68. The molecule has 32 heavy (non-hydrogen) atoms. The highest BCUT2D eigenvalue weighted by Gasteiger charge is 2.36. The summed E-state index contributed by atoms with van der Waals surface area (Å²) < 4.78 is 57.8. The van der Waals surface area contributed by atoms with Gasteiger partial charge in [-0.15, -0.1) is 0 Å². The van der Waals surface area contributed by atoms with E-state index in [1.807, 2.05) is 0 Å². The minimum atomic E-state index is -3.79. The first kappa shape index (κ1) is 20.3. The molecule has 0 unspecified atom stereocenters. The number of nitrogens with one attached hydrogen (secondary N) is 2. The second-order valence-corrected chi connectivity index (χ2v) is 9.65. The number of halogens is 2. The fourth-order valence-electron chi connectivity index (χ4n) is 3.51. The van der Waals surface area contributed by atoms with Crippen molar-refractivity contribution in [3.8, 4) is 11.1 Å². The van der Waals surface area contributed by atoms with Crippen LogP contribution in [0.5, 0.6) is 0 Å². The summed E-state index contributed by atoms with van der Waals surface area (Å²) in [6, 6.07) is 3.52. The van der Waals surface area contributed by atoms with Crippen LogP contribution in [0.25, 0.3) is 22.2 Å². The van der Waals surface area contributed by atoms with Crippen LogP contribution in [-0.2, 0) is 17.1 Å². The van der Waals surface area contributed by atoms with Gasteiger partial charge in [-0.05, 0) is 31.0 Å². The lowest BCUT2D eigenvalue weighted by Crippen LogP contribution is -2.19. The predicted molar refractivity (Wildman–Crippen MR) is 114 cm³/mol. The maximum atomic E-state index is 15.1. The monoisotopic (exact) mass is 457 g/mol. The summed E-state index contributed by atoms with van der Waals surface area (Å²) in [5.41, 5.74) is 0.511. The lowest BCUT2D eigenvalue weighted by molar-refractivity contribution is 0.103. The SMILES string of the molecule is Cn1cc(-c2cnc3[nH]cc(C(=O)c4c(F)ccc(NS(=O)(=O)C5CC5)c4F)c3c2)cn1. The van der Waals surface area contributed by atoms with Gasteiger partial charge < -0.3 is 4.98 Å². The Labute approximate surface area is 181 Å². The van der Waals surface area contributed by atoms with Gasteiger partial charge in [-0.25, -0.2) is 22.2 Å². The number of ketones is 1. The lowest BCUT2D eigenvalue weighted by atomic mass is 10.0. The Kier molecular flexibility index (Phi) is 4.59. The Hall–Kier alpha value is -3.60. The molecule has 11 heteroatoms. The molecule has 0 radical (unpaired) electrons. The van der Waals surface area contributed by atoms with E-state index in [1.54, 1.807) is 36.4 Å². The number of fused-ring (bicyclic) bond motifs is 1. The molecule has 5 rings (SSSR count). The van der Waals surface area contributed by atoms with Crippen molar-refractivity contribution < 1.29 is 22.0 Å². The summed E-state index contributed by atoms with van der Waals surface area (Å²) in [5, 5.41) is 3.88. The van der Waals surface area contributed by atoms with Crippen LogP contribution in [0.3, 0.4) is 0 Å². The molecular weight excluding hydrogens is 440 g/mol. The van der Waals surface area contributed by atoms with E-state index in [0.29, 0.717) is 29.4 Å². The molecule has 0 spiro atoms. The highest BCUT2D eigenvalue weighted by molar-refractivity contribution is 7.93. The molecule has 1 aliphatic carbocycles. The first-order chi connectivity index (χ1) is 15.2. The number of benzene rings is 1. The standard InChI is InChI=1S/C21H17F2N5O3S/c1-28-10-12(8-26-28)11-6-14-15(9-25-21(14)24-7-11)20(29)18-16(22)4-5-17(19(18)23)27-32(30,31)13-2-3-13/h4-10,13,27H,2-3H2,1H3,(H,24,25). The number of hydrogen-bond donors (Lipinski definition) is 2. The number of aryl methyl sites for hydroxylation is 1. The number of hydrogen-bond acceptors (Lipinski definition) is 5. The van der Waals surface area contributed by atoms with Gasteiger partial charge in [-0.2, -0.15) is 5.10 Å². The number of anilines is 1. The van der Waals surface area contributed by atoms with Crippen LogP contribution in [-0.4, -0.2) is 39.2 Å². The molecule has 4 aromatic rings. The fourth-order valence-corrected chi connectivity index (χ4v) is 4.90. The van der Waals surface area contributed by atoms with Gasteiger partial charge in [0.1, 0.15) is 11.5 Å². The number of H-pyrrole nitrogens is 1. The van der Waals surface area contributed by atoms with E-state index in [0.717, 1.165) is 17.7 Å². The van der Waals surface area contributed by atoms with Gasteiger partial charge in [0.15, 0.2) is 5.82 Å². The quantitative estimate of drug-likeness (QED) is 0.432. The smallest absolute Gasteiger partial charge is 0.235 e. The number of aromatic nitrogens is 4. The van der Waals surface area contributed by atoms with Crippen molar-refractivity contribution >= 4 is 32.5 Å². The number of carbonyl (C=O) groups is 1. The third-order valence-corrected chi connectivity index (χ3v) is 7.20. The zero-order chi connectivity index (χ0) is 22.6. The fraction of sp³-hybridized carbons (Fsp3) is 0.190. The van der Waals surface area contributed by atoms with E-state index >= 15 is 4.39 Å². The lowest BCUT2D eigenvalue weighted by Gasteiger charge is -2.11. The normalized spacial score (nSPS) is 14.1. The van der Waals surface area contributed by atoms with Crippen molar-refractivity contribution in [2.45, 2.75) is 18.1 Å². The van der Waals surface area contributed by atoms with Crippen LogP contribution in [0.15, 0.2) is 43.0 Å². The molecule has 1 aliphatic rings. The minimum absolute atomic E-state index is 0.0123. The number of nitrogens with zero attached hydrogens (tertiary/aromatic N) is 3. The van der Waals surface area contributed by atoms with Crippen LogP contribution >= 0.6 is 0 Å². The van der Waals surface area contributed by atoms with Crippen molar-refractivity contribution in [1.82, 2.24) is 19.7 Å². The molecule has 0 bridgehead atoms. The Bertz CT molecular complexity index is 1490. The summed E-state index contributed by atoms with van der Waals surface area (Å²) >= 11 is 0. The maximum absolute atomic E-state index is 15.1. The van der Waals surface area contributed by atoms with Gasteiger partial charge in [0.25, 0.3) is 0 Å². The zero-order valence-corrected chi connectivity index (χ0v) is 17.6. The van der Waals surface area contributed by atoms with Gasteiger partial charge in [-0.1, -0.05) is 0 Å². The van der Waals surface area contributed by atoms with E-state index in [2.05, 4.69) is 19.8 Å². The molecule has 0 aliphatic heterocycles. The molecular formula is C21H17F2N5O3S. The Morgan fingerprint density at radius 3 is 2.69 bits per heavy atom. The highest BCUT2D eigenvalue weighted by Crippen LogP contribution is 2.33. The first-order valence-electron chi connectivity index (χ1n) is 9.75. The topological polar surface area (TPSA) is 110 Å². The first-order valence-corrected chi connectivity index (χ1v) is 11.3. The van der Waals surface area contributed by atoms with Crippen LogP contribution in [0.2, 0.25) is 0 Å². The molecule has 0 saturated heterocycles. The molecule has 164 valence electrons. The van der Waals surface area contributed by atoms with E-state index in [9.17, 15) is 17.6 Å². The third-order valence-electron chi connectivity index (χ3n) is 5.35. The van der Waals surface area contributed by atoms with Gasteiger partial charge in [0, 0.05) is 47.7 Å². The molecule has 8 nitrogen and oxygen atoms in total. The van der Waals surface area contributed by atoms with Crippen LogP contribution in [0.1, 0.15) is 28.8 Å².